The highest BCUT2D eigenvalue weighted by molar-refractivity contribution is 8.14. The fraction of sp³-hybridized carbons (Fsp3) is 0.200. The number of nitrogens with zero attached hydrogens (tertiary/aromatic N) is 1. The van der Waals surface area contributed by atoms with Crippen LogP contribution < -0.4 is 0 Å². The topological polar surface area (TPSA) is 77.3 Å². The molecule has 5 nitrogen and oxygen atoms in total. The first kappa shape index (κ1) is 12.4. The zero-order valence-electron chi connectivity index (χ0n) is 8.50. The van der Waals surface area contributed by atoms with E-state index in [-0.39, 0.29) is 27.9 Å². The fourth-order valence-corrected chi connectivity index (χ4v) is 1.54. The van der Waals surface area contributed by atoms with Crippen molar-refractivity contribution in [1.82, 2.24) is 0 Å². The number of non-ortho nitro benzene ring substituents is 1. The zero-order valence-corrected chi connectivity index (χ0v) is 9.32. The third-order valence-electron chi connectivity index (χ3n) is 1.79. The van der Waals surface area contributed by atoms with Crippen molar-refractivity contribution in [3.05, 3.63) is 39.9 Å². The average molecular weight is 239 g/mol. The van der Waals surface area contributed by atoms with Gasteiger partial charge in [-0.1, -0.05) is 23.9 Å². The predicted octanol–water partition coefficient (Wildman–Crippen LogP) is 2.06. The summed E-state index contributed by atoms with van der Waals surface area (Å²) in [6.07, 6.45) is 0. The van der Waals surface area contributed by atoms with Gasteiger partial charge in [-0.3, -0.25) is 19.7 Å². The molecule has 84 valence electrons. The van der Waals surface area contributed by atoms with E-state index in [0.717, 1.165) is 11.8 Å². The normalized spacial score (nSPS) is 9.81. The number of carbonyl (C=O) groups excluding carboxylic acids is 2. The van der Waals surface area contributed by atoms with Gasteiger partial charge in [0.1, 0.15) is 0 Å². The molecule has 6 heteroatoms. The molecule has 1 aromatic carbocycles. The van der Waals surface area contributed by atoms with Gasteiger partial charge in [-0.15, -0.1) is 0 Å². The Morgan fingerprint density at radius 2 is 2.12 bits per heavy atom. The molecule has 0 N–H and O–H groups in total. The van der Waals surface area contributed by atoms with E-state index < -0.39 is 4.92 Å². The SMILES string of the molecule is CC(=O)SCC(=O)c1cccc([N+](=O)[O-])c1. The monoisotopic (exact) mass is 239 g/mol. The van der Waals surface area contributed by atoms with Crippen LogP contribution in [0.2, 0.25) is 0 Å². The van der Waals surface area contributed by atoms with Crippen LogP contribution in [0.25, 0.3) is 0 Å². The van der Waals surface area contributed by atoms with Gasteiger partial charge in [-0.2, -0.15) is 0 Å². The summed E-state index contributed by atoms with van der Waals surface area (Å²) < 4.78 is 0. The number of benzene rings is 1. The number of hydrogen-bond acceptors (Lipinski definition) is 5. The summed E-state index contributed by atoms with van der Waals surface area (Å²) in [5, 5.41) is 10.3. The number of thioether (sulfide) groups is 1. The second-order valence-corrected chi connectivity index (χ2v) is 4.16. The van der Waals surface area contributed by atoms with Crippen LogP contribution in [0, 0.1) is 10.1 Å². The first-order valence-corrected chi connectivity index (χ1v) is 5.40. The quantitative estimate of drug-likeness (QED) is 0.456. The lowest BCUT2D eigenvalue weighted by Gasteiger charge is -1.98. The molecule has 1 rings (SSSR count). The molecule has 0 fully saturated rings. The first-order chi connectivity index (χ1) is 7.50. The molecule has 0 unspecified atom stereocenters. The van der Waals surface area contributed by atoms with Gasteiger partial charge >= 0.3 is 0 Å². The summed E-state index contributed by atoms with van der Waals surface area (Å²) in [5.74, 6) is -0.278. The number of ketones is 1. The molecule has 0 aliphatic heterocycles. The van der Waals surface area contributed by atoms with Gasteiger partial charge in [0.2, 0.25) is 0 Å². The highest BCUT2D eigenvalue weighted by atomic mass is 32.2. The Morgan fingerprint density at radius 3 is 2.69 bits per heavy atom. The third-order valence-corrected chi connectivity index (χ3v) is 2.60. The lowest BCUT2D eigenvalue weighted by Crippen LogP contribution is -2.04. The van der Waals surface area contributed by atoms with Gasteiger partial charge in [0.15, 0.2) is 10.9 Å². The Bertz CT molecular complexity index is 444. The van der Waals surface area contributed by atoms with Gasteiger partial charge in [0, 0.05) is 24.6 Å². The molecule has 0 amide bonds. The largest absolute Gasteiger partial charge is 0.293 e. The second-order valence-electron chi connectivity index (χ2n) is 3.01. The van der Waals surface area contributed by atoms with Crippen LogP contribution in [0.15, 0.2) is 24.3 Å². The van der Waals surface area contributed by atoms with Crippen LogP contribution in [-0.4, -0.2) is 21.6 Å². The average Bonchev–Trinajstić information content (AvgIpc) is 2.26. The molecule has 0 bridgehead atoms. The number of Topliss-reactive ketones (excluding diaryl/α,β-unsaturated/α-hetero) is 1. The van der Waals surface area contributed by atoms with E-state index in [0.29, 0.717) is 0 Å². The maximum atomic E-state index is 11.5. The molecule has 0 aliphatic carbocycles. The van der Waals surface area contributed by atoms with Crippen molar-refractivity contribution >= 4 is 28.3 Å². The first-order valence-electron chi connectivity index (χ1n) is 4.41. The Balaban J connectivity index is 2.79. The summed E-state index contributed by atoms with van der Waals surface area (Å²) >= 11 is 0.890. The van der Waals surface area contributed by atoms with Gasteiger partial charge in [-0.05, 0) is 0 Å². The maximum Gasteiger partial charge on any atom is 0.270 e. The molecule has 0 atom stereocenters. The summed E-state index contributed by atoms with van der Waals surface area (Å²) in [5.41, 5.74) is 0.127. The number of rotatable bonds is 4. The van der Waals surface area contributed by atoms with E-state index in [4.69, 9.17) is 0 Å². The fourth-order valence-electron chi connectivity index (χ4n) is 1.04. The smallest absolute Gasteiger partial charge is 0.270 e. The molecule has 0 aromatic heterocycles. The highest BCUT2D eigenvalue weighted by Crippen LogP contribution is 2.15. The van der Waals surface area contributed by atoms with Crippen molar-refractivity contribution in [1.29, 1.82) is 0 Å². The summed E-state index contributed by atoms with van der Waals surface area (Å²) in [6.45, 7) is 1.37. The van der Waals surface area contributed by atoms with E-state index in [1.54, 1.807) is 0 Å². The maximum absolute atomic E-state index is 11.5. The minimum Gasteiger partial charge on any atom is -0.293 e. The van der Waals surface area contributed by atoms with Crippen LogP contribution in [0.1, 0.15) is 17.3 Å². The molecule has 0 saturated carbocycles. The number of nitro groups is 1. The second kappa shape index (κ2) is 5.41. The summed E-state index contributed by atoms with van der Waals surface area (Å²) in [7, 11) is 0. The van der Waals surface area contributed by atoms with Crippen molar-refractivity contribution in [2.75, 3.05) is 5.75 Å². The number of nitro benzene ring substituents is 1. The van der Waals surface area contributed by atoms with Gasteiger partial charge < -0.3 is 0 Å². The number of carbonyl (C=O) groups is 2. The van der Waals surface area contributed by atoms with Crippen molar-refractivity contribution in [2.45, 2.75) is 6.92 Å². The number of hydrogen-bond donors (Lipinski definition) is 0. The molecule has 0 spiro atoms. The standard InChI is InChI=1S/C10H9NO4S/c1-7(12)16-6-10(13)8-3-2-4-9(5-8)11(14)15/h2-5H,6H2,1H3. The van der Waals surface area contributed by atoms with Gasteiger partial charge in [0.25, 0.3) is 5.69 Å². The highest BCUT2D eigenvalue weighted by Gasteiger charge is 2.12. The van der Waals surface area contributed by atoms with Gasteiger partial charge in [0.05, 0.1) is 10.7 Å². The minimum atomic E-state index is -0.561. The van der Waals surface area contributed by atoms with Crippen molar-refractivity contribution in [3.8, 4) is 0 Å². The minimum absolute atomic E-state index is 0.0104. The molecular weight excluding hydrogens is 230 g/mol. The third kappa shape index (κ3) is 3.47. The van der Waals surface area contributed by atoms with E-state index in [9.17, 15) is 19.7 Å². The molecule has 0 aliphatic rings. The van der Waals surface area contributed by atoms with Crippen molar-refractivity contribution in [3.63, 3.8) is 0 Å². The Morgan fingerprint density at radius 1 is 1.44 bits per heavy atom. The molecule has 0 radical (unpaired) electrons. The Kier molecular flexibility index (Phi) is 4.19. The molecule has 0 saturated heterocycles. The lowest BCUT2D eigenvalue weighted by atomic mass is 10.1. The van der Waals surface area contributed by atoms with E-state index in [2.05, 4.69) is 0 Å². The van der Waals surface area contributed by atoms with E-state index in [1.165, 1.54) is 31.2 Å². The van der Waals surface area contributed by atoms with Crippen LogP contribution in [-0.2, 0) is 4.79 Å². The van der Waals surface area contributed by atoms with Crippen LogP contribution in [0.4, 0.5) is 5.69 Å². The van der Waals surface area contributed by atoms with Crippen LogP contribution in [0.5, 0.6) is 0 Å². The van der Waals surface area contributed by atoms with E-state index in [1.807, 2.05) is 0 Å². The summed E-state index contributed by atoms with van der Waals surface area (Å²) in [6, 6.07) is 5.47. The zero-order chi connectivity index (χ0) is 12.1. The van der Waals surface area contributed by atoms with Crippen LogP contribution in [0.3, 0.4) is 0 Å². The predicted molar refractivity (Wildman–Crippen MR) is 60.6 cm³/mol. The Hall–Kier alpha value is -1.69. The molecule has 0 heterocycles. The Labute approximate surface area is 96.0 Å². The summed E-state index contributed by atoms with van der Waals surface area (Å²) in [4.78, 5) is 32.1. The van der Waals surface area contributed by atoms with Crippen LogP contribution >= 0.6 is 11.8 Å². The lowest BCUT2D eigenvalue weighted by molar-refractivity contribution is -0.384. The van der Waals surface area contributed by atoms with Gasteiger partial charge in [-0.25, -0.2) is 0 Å². The van der Waals surface area contributed by atoms with Crippen molar-refractivity contribution < 1.29 is 14.5 Å². The molecule has 16 heavy (non-hydrogen) atoms. The molecular formula is C10H9NO4S. The van der Waals surface area contributed by atoms with E-state index >= 15 is 0 Å². The molecule has 1 aromatic rings. The van der Waals surface area contributed by atoms with Crippen molar-refractivity contribution in [2.24, 2.45) is 0 Å².